The van der Waals surface area contributed by atoms with Gasteiger partial charge in [-0.05, 0) is 40.9 Å². The minimum absolute atomic E-state index is 0.0247. The zero-order chi connectivity index (χ0) is 20.5. The lowest BCUT2D eigenvalue weighted by Crippen LogP contribution is -2.05. The van der Waals surface area contributed by atoms with Crippen molar-refractivity contribution in [2.24, 2.45) is 0 Å². The number of hydrogen-bond donors (Lipinski definition) is 0. The molecule has 0 spiro atoms. The van der Waals surface area contributed by atoms with Crippen molar-refractivity contribution in [3.05, 3.63) is 56.2 Å². The van der Waals surface area contributed by atoms with Gasteiger partial charge < -0.3 is 14.2 Å². The van der Waals surface area contributed by atoms with Crippen LogP contribution in [-0.2, 0) is 4.74 Å². The molecule has 0 fully saturated rings. The van der Waals surface area contributed by atoms with Crippen LogP contribution in [0.1, 0.15) is 33.6 Å². The summed E-state index contributed by atoms with van der Waals surface area (Å²) in [6.07, 6.45) is 3.09. The molecule has 1 aromatic carbocycles. The molecule has 2 aromatic rings. The third-order valence-electron chi connectivity index (χ3n) is 3.61. The number of nitro benzene ring substituents is 1. The van der Waals surface area contributed by atoms with Crippen molar-refractivity contribution < 1.29 is 28.7 Å². The topological polar surface area (TPSA) is 118 Å². The summed E-state index contributed by atoms with van der Waals surface area (Å²) in [5.74, 6) is 0.207. The lowest BCUT2D eigenvalue weighted by molar-refractivity contribution is -0.385. The molecule has 0 saturated heterocycles. The van der Waals surface area contributed by atoms with Crippen LogP contribution in [0, 0.1) is 10.1 Å². The first-order valence-electron chi connectivity index (χ1n) is 8.19. The maximum atomic E-state index is 11.3. The lowest BCUT2D eigenvalue weighted by Gasteiger charge is -2.09. The van der Waals surface area contributed by atoms with Crippen molar-refractivity contribution in [1.82, 2.24) is 4.98 Å². The van der Waals surface area contributed by atoms with E-state index in [-0.39, 0.29) is 11.3 Å². The van der Waals surface area contributed by atoms with E-state index in [4.69, 9.17) is 9.47 Å². The number of benzene rings is 1. The Hall–Kier alpha value is -3.01. The summed E-state index contributed by atoms with van der Waals surface area (Å²) in [4.78, 5) is 36.6. The number of carbonyl (C=O) groups is 2. The second-order valence-corrected chi connectivity index (χ2v) is 6.35. The molecule has 148 valence electrons. The molecule has 0 amide bonds. The van der Waals surface area contributed by atoms with Gasteiger partial charge in [0.25, 0.3) is 5.69 Å². The third kappa shape index (κ3) is 5.74. The monoisotopic (exact) mass is 452 g/mol. The zero-order valence-corrected chi connectivity index (χ0v) is 16.5. The van der Waals surface area contributed by atoms with Crippen molar-refractivity contribution >= 4 is 33.9 Å². The minimum atomic E-state index is -0.630. The number of pyridine rings is 1. The predicted octanol–water partition coefficient (Wildman–Crippen LogP) is 3.59. The van der Waals surface area contributed by atoms with E-state index in [2.05, 4.69) is 25.7 Å². The van der Waals surface area contributed by atoms with Gasteiger partial charge >= 0.3 is 5.97 Å². The minimum Gasteiger partial charge on any atom is -0.492 e. The van der Waals surface area contributed by atoms with Crippen molar-refractivity contribution in [3.8, 4) is 11.6 Å². The van der Waals surface area contributed by atoms with Crippen LogP contribution in [0.2, 0.25) is 0 Å². The van der Waals surface area contributed by atoms with Crippen molar-refractivity contribution in [1.29, 1.82) is 0 Å². The standard InChI is InChI=1S/C18H17BrN2O7/c1-26-18(23)12-4-5-17(20-10-12)28-7-3-2-6-27-16-9-15(21(24)25)13(11-22)8-14(16)19/h4-5,8-11H,2-3,6-7H2,1H3. The molecule has 2 rings (SSSR count). The van der Waals surface area contributed by atoms with E-state index in [1.54, 1.807) is 12.1 Å². The molecule has 1 aromatic heterocycles. The van der Waals surface area contributed by atoms with Gasteiger partial charge in [-0.25, -0.2) is 9.78 Å². The van der Waals surface area contributed by atoms with Gasteiger partial charge in [-0.2, -0.15) is 0 Å². The fourth-order valence-electron chi connectivity index (χ4n) is 2.19. The summed E-state index contributed by atoms with van der Waals surface area (Å²) in [5, 5.41) is 11.0. The van der Waals surface area contributed by atoms with Gasteiger partial charge in [-0.15, -0.1) is 0 Å². The summed E-state index contributed by atoms with van der Waals surface area (Å²) in [5.41, 5.74) is 0.00451. The smallest absolute Gasteiger partial charge is 0.339 e. The Morgan fingerprint density at radius 3 is 2.54 bits per heavy atom. The summed E-state index contributed by atoms with van der Waals surface area (Å²) >= 11 is 3.23. The Bertz CT molecular complexity index is 856. The summed E-state index contributed by atoms with van der Waals surface area (Å²) in [7, 11) is 1.29. The lowest BCUT2D eigenvalue weighted by atomic mass is 10.2. The average molecular weight is 453 g/mol. The molecule has 0 saturated carbocycles. The molecule has 1 heterocycles. The zero-order valence-electron chi connectivity index (χ0n) is 14.9. The highest BCUT2D eigenvalue weighted by molar-refractivity contribution is 9.10. The predicted molar refractivity (Wildman–Crippen MR) is 102 cm³/mol. The first-order chi connectivity index (χ1) is 13.5. The number of nitrogens with zero attached hydrogens (tertiary/aromatic N) is 2. The van der Waals surface area contributed by atoms with Crippen LogP contribution < -0.4 is 9.47 Å². The second-order valence-electron chi connectivity index (χ2n) is 5.50. The van der Waals surface area contributed by atoms with E-state index in [9.17, 15) is 19.7 Å². The Balaban J connectivity index is 1.77. The van der Waals surface area contributed by atoms with Crippen LogP contribution in [0.5, 0.6) is 11.6 Å². The maximum absolute atomic E-state index is 11.3. The van der Waals surface area contributed by atoms with E-state index in [0.717, 1.165) is 0 Å². The number of carbonyl (C=O) groups excluding carboxylic acids is 2. The Kier molecular flexibility index (Phi) is 7.88. The Morgan fingerprint density at radius 2 is 1.96 bits per heavy atom. The molecule has 0 aliphatic heterocycles. The Morgan fingerprint density at radius 1 is 1.25 bits per heavy atom. The number of halogens is 1. The van der Waals surface area contributed by atoms with E-state index >= 15 is 0 Å². The second kappa shape index (κ2) is 10.4. The van der Waals surface area contributed by atoms with Gasteiger partial charge in [0, 0.05) is 12.3 Å². The number of rotatable bonds is 10. The number of aldehydes is 1. The molecule has 0 atom stereocenters. The molecule has 0 N–H and O–H groups in total. The van der Waals surface area contributed by atoms with E-state index in [1.807, 2.05) is 0 Å². The molecule has 0 aliphatic rings. The van der Waals surface area contributed by atoms with Crippen molar-refractivity contribution in [2.45, 2.75) is 12.8 Å². The quantitative estimate of drug-likeness (QED) is 0.176. The first-order valence-corrected chi connectivity index (χ1v) is 8.98. The largest absolute Gasteiger partial charge is 0.492 e. The molecule has 0 radical (unpaired) electrons. The average Bonchev–Trinajstić information content (AvgIpc) is 2.70. The normalized spacial score (nSPS) is 10.2. The summed E-state index contributed by atoms with van der Waals surface area (Å²) in [6, 6.07) is 5.71. The van der Waals surface area contributed by atoms with Crippen LogP contribution in [0.4, 0.5) is 5.69 Å². The van der Waals surface area contributed by atoms with E-state index in [0.29, 0.717) is 54.0 Å². The SMILES string of the molecule is COC(=O)c1ccc(OCCCCOc2cc([N+](=O)[O-])c(C=O)cc2Br)nc1. The number of unbranched alkanes of at least 4 members (excludes halogenated alkanes) is 1. The highest BCUT2D eigenvalue weighted by Crippen LogP contribution is 2.32. The fourth-order valence-corrected chi connectivity index (χ4v) is 2.66. The number of esters is 1. The third-order valence-corrected chi connectivity index (χ3v) is 4.23. The van der Waals surface area contributed by atoms with E-state index in [1.165, 1.54) is 25.4 Å². The van der Waals surface area contributed by atoms with Crippen molar-refractivity contribution in [2.75, 3.05) is 20.3 Å². The van der Waals surface area contributed by atoms with Crippen LogP contribution in [0.3, 0.4) is 0 Å². The first kappa shape index (κ1) is 21.3. The highest BCUT2D eigenvalue weighted by Gasteiger charge is 2.17. The number of hydrogen-bond acceptors (Lipinski definition) is 8. The number of aromatic nitrogens is 1. The molecular formula is C18H17BrN2O7. The summed E-state index contributed by atoms with van der Waals surface area (Å²) in [6.45, 7) is 0.702. The number of methoxy groups -OCH3 is 1. The van der Waals surface area contributed by atoms with Gasteiger partial charge in [-0.1, -0.05) is 0 Å². The summed E-state index contributed by atoms with van der Waals surface area (Å²) < 4.78 is 16.1. The molecule has 0 bridgehead atoms. The van der Waals surface area contributed by atoms with Crippen LogP contribution in [0.15, 0.2) is 34.9 Å². The molecule has 9 nitrogen and oxygen atoms in total. The van der Waals surface area contributed by atoms with Gasteiger partial charge in [0.15, 0.2) is 6.29 Å². The van der Waals surface area contributed by atoms with Crippen LogP contribution in [-0.4, -0.2) is 42.5 Å². The van der Waals surface area contributed by atoms with Crippen LogP contribution in [0.25, 0.3) is 0 Å². The fraction of sp³-hybridized carbons (Fsp3) is 0.278. The van der Waals surface area contributed by atoms with Crippen LogP contribution >= 0.6 is 15.9 Å². The molecule has 10 heteroatoms. The van der Waals surface area contributed by atoms with Crippen molar-refractivity contribution in [3.63, 3.8) is 0 Å². The van der Waals surface area contributed by atoms with Gasteiger partial charge in [0.05, 0.1) is 46.9 Å². The van der Waals surface area contributed by atoms with Gasteiger partial charge in [-0.3, -0.25) is 14.9 Å². The molecule has 0 unspecified atom stereocenters. The van der Waals surface area contributed by atoms with E-state index < -0.39 is 10.9 Å². The van der Waals surface area contributed by atoms with Gasteiger partial charge in [0.2, 0.25) is 5.88 Å². The van der Waals surface area contributed by atoms with Gasteiger partial charge in [0.1, 0.15) is 5.75 Å². The number of ether oxygens (including phenoxy) is 3. The molecule has 28 heavy (non-hydrogen) atoms. The molecule has 0 aliphatic carbocycles. The number of nitro groups is 1. The highest BCUT2D eigenvalue weighted by atomic mass is 79.9. The Labute approximate surface area is 168 Å². The molecular weight excluding hydrogens is 436 g/mol. The maximum Gasteiger partial charge on any atom is 0.339 e.